The zero-order chi connectivity index (χ0) is 17.9. The molecule has 3 N–H and O–H groups in total. The summed E-state index contributed by atoms with van der Waals surface area (Å²) >= 11 is 5.82. The summed E-state index contributed by atoms with van der Waals surface area (Å²) in [5.41, 5.74) is 6.40. The van der Waals surface area contributed by atoms with Crippen molar-refractivity contribution in [3.05, 3.63) is 59.1 Å². The molecule has 26 heavy (non-hydrogen) atoms. The number of ether oxygens (including phenoxy) is 2. The molecule has 5 nitrogen and oxygen atoms in total. The van der Waals surface area contributed by atoms with Crippen molar-refractivity contribution in [2.24, 2.45) is 5.73 Å². The van der Waals surface area contributed by atoms with Crippen LogP contribution in [0.4, 0.5) is 0 Å². The lowest BCUT2D eigenvalue weighted by Gasteiger charge is -2.09. The van der Waals surface area contributed by atoms with Gasteiger partial charge in [0.2, 0.25) is 5.91 Å². The van der Waals surface area contributed by atoms with Crippen molar-refractivity contribution in [2.75, 3.05) is 19.8 Å². The average Bonchev–Trinajstić information content (AvgIpc) is 2.64. The lowest BCUT2D eigenvalue weighted by molar-refractivity contribution is -0.121. The van der Waals surface area contributed by atoms with Gasteiger partial charge in [0.25, 0.3) is 0 Å². The molecule has 0 radical (unpaired) electrons. The van der Waals surface area contributed by atoms with Gasteiger partial charge in [-0.2, -0.15) is 0 Å². The number of amides is 1. The predicted molar refractivity (Wildman–Crippen MR) is 106 cm³/mol. The molecule has 0 aliphatic rings. The number of rotatable bonds is 10. The van der Waals surface area contributed by atoms with E-state index < -0.39 is 0 Å². The highest BCUT2D eigenvalue weighted by Crippen LogP contribution is 2.16. The van der Waals surface area contributed by atoms with Gasteiger partial charge in [-0.15, -0.1) is 12.4 Å². The first-order chi connectivity index (χ1) is 12.2. The Bertz CT molecular complexity index is 649. The van der Waals surface area contributed by atoms with Crippen molar-refractivity contribution in [3.8, 4) is 11.5 Å². The van der Waals surface area contributed by atoms with Crippen LogP contribution in [0.1, 0.15) is 18.4 Å². The molecule has 0 aliphatic carbocycles. The van der Waals surface area contributed by atoms with Crippen LogP contribution in [0.25, 0.3) is 0 Å². The lowest BCUT2D eigenvalue weighted by atomic mass is 10.2. The Labute approximate surface area is 165 Å². The third-order valence-electron chi connectivity index (χ3n) is 3.46. The fourth-order valence-corrected chi connectivity index (χ4v) is 2.23. The topological polar surface area (TPSA) is 73.6 Å². The lowest BCUT2D eigenvalue weighted by Crippen LogP contribution is -2.23. The maximum Gasteiger partial charge on any atom is 0.220 e. The maximum atomic E-state index is 11.5. The highest BCUT2D eigenvalue weighted by molar-refractivity contribution is 6.30. The van der Waals surface area contributed by atoms with Gasteiger partial charge >= 0.3 is 0 Å². The van der Waals surface area contributed by atoms with E-state index in [0.717, 1.165) is 17.1 Å². The standard InChI is InChI=1S/C19H23ClN2O3.ClH/c20-16-5-9-18(10-6-16)25-13-12-24-17-7-3-15(4-8-17)14-22-19(23)2-1-11-21;/h3-10H,1-2,11-14,21H2,(H,22,23);1H. The second-order valence-corrected chi connectivity index (χ2v) is 5.90. The van der Waals surface area contributed by atoms with Crippen molar-refractivity contribution >= 4 is 29.9 Å². The quantitative estimate of drug-likeness (QED) is 0.599. The molecule has 2 aromatic carbocycles. The molecule has 0 atom stereocenters. The minimum atomic E-state index is 0. The summed E-state index contributed by atoms with van der Waals surface area (Å²) in [6.07, 6.45) is 1.17. The molecule has 0 bridgehead atoms. The van der Waals surface area contributed by atoms with E-state index in [1.54, 1.807) is 12.1 Å². The van der Waals surface area contributed by atoms with Gasteiger partial charge in [0, 0.05) is 18.0 Å². The summed E-state index contributed by atoms with van der Waals surface area (Å²) in [5, 5.41) is 3.54. The van der Waals surface area contributed by atoms with Crippen molar-refractivity contribution in [1.29, 1.82) is 0 Å². The van der Waals surface area contributed by atoms with Crippen LogP contribution in [0.15, 0.2) is 48.5 Å². The van der Waals surface area contributed by atoms with E-state index in [2.05, 4.69) is 5.32 Å². The smallest absolute Gasteiger partial charge is 0.220 e. The molecule has 7 heteroatoms. The minimum Gasteiger partial charge on any atom is -0.490 e. The van der Waals surface area contributed by atoms with E-state index in [1.807, 2.05) is 36.4 Å². The Morgan fingerprint density at radius 3 is 2.04 bits per heavy atom. The second kappa shape index (κ2) is 12.4. The fraction of sp³-hybridized carbons (Fsp3) is 0.316. The Hall–Kier alpha value is -1.95. The van der Waals surface area contributed by atoms with Crippen LogP contribution in [0.5, 0.6) is 11.5 Å². The van der Waals surface area contributed by atoms with Crippen molar-refractivity contribution in [2.45, 2.75) is 19.4 Å². The largest absolute Gasteiger partial charge is 0.490 e. The van der Waals surface area contributed by atoms with Gasteiger partial charge in [-0.3, -0.25) is 4.79 Å². The Balaban J connectivity index is 0.00000338. The molecule has 0 spiro atoms. The second-order valence-electron chi connectivity index (χ2n) is 5.46. The van der Waals surface area contributed by atoms with Gasteiger partial charge < -0.3 is 20.5 Å². The molecular weight excluding hydrogens is 375 g/mol. The SMILES string of the molecule is Cl.NCCCC(=O)NCc1ccc(OCCOc2ccc(Cl)cc2)cc1. The first kappa shape index (κ1) is 22.1. The molecule has 0 aromatic heterocycles. The molecular formula is C19H24Cl2N2O3. The number of benzene rings is 2. The Kier molecular flexibility index (Phi) is 10.5. The normalized spacial score (nSPS) is 9.92. The van der Waals surface area contributed by atoms with Gasteiger partial charge in [0.05, 0.1) is 0 Å². The van der Waals surface area contributed by atoms with Crippen LogP contribution in [0, 0.1) is 0 Å². The molecule has 0 unspecified atom stereocenters. The zero-order valence-electron chi connectivity index (χ0n) is 14.4. The summed E-state index contributed by atoms with van der Waals surface area (Å²) in [6, 6.07) is 14.8. The number of hydrogen-bond acceptors (Lipinski definition) is 4. The van der Waals surface area contributed by atoms with Gasteiger partial charge in [0.15, 0.2) is 0 Å². The first-order valence-electron chi connectivity index (χ1n) is 8.24. The monoisotopic (exact) mass is 398 g/mol. The van der Waals surface area contributed by atoms with Crippen LogP contribution in [-0.2, 0) is 11.3 Å². The van der Waals surface area contributed by atoms with E-state index >= 15 is 0 Å². The van der Waals surface area contributed by atoms with Gasteiger partial charge in [0.1, 0.15) is 24.7 Å². The molecule has 0 heterocycles. The molecule has 0 saturated heterocycles. The van der Waals surface area contributed by atoms with Gasteiger partial charge in [-0.1, -0.05) is 23.7 Å². The van der Waals surface area contributed by atoms with E-state index in [4.69, 9.17) is 26.8 Å². The highest BCUT2D eigenvalue weighted by Gasteiger charge is 2.01. The maximum absolute atomic E-state index is 11.5. The van der Waals surface area contributed by atoms with Crippen LogP contribution < -0.4 is 20.5 Å². The average molecular weight is 399 g/mol. The molecule has 142 valence electrons. The summed E-state index contributed by atoms with van der Waals surface area (Å²) in [6.45, 7) is 1.92. The minimum absolute atomic E-state index is 0. The van der Waals surface area contributed by atoms with E-state index in [1.165, 1.54) is 0 Å². The zero-order valence-corrected chi connectivity index (χ0v) is 16.0. The van der Waals surface area contributed by atoms with Crippen molar-refractivity contribution in [3.63, 3.8) is 0 Å². The van der Waals surface area contributed by atoms with Crippen LogP contribution >= 0.6 is 24.0 Å². The number of nitrogens with two attached hydrogens (primary N) is 1. The first-order valence-corrected chi connectivity index (χ1v) is 8.62. The van der Waals surface area contributed by atoms with E-state index in [-0.39, 0.29) is 18.3 Å². The highest BCUT2D eigenvalue weighted by atomic mass is 35.5. The number of halogens is 2. The summed E-state index contributed by atoms with van der Waals surface area (Å²) in [7, 11) is 0. The molecule has 2 rings (SSSR count). The fourth-order valence-electron chi connectivity index (χ4n) is 2.11. The molecule has 0 aliphatic heterocycles. The number of carbonyl (C=O) groups is 1. The Morgan fingerprint density at radius 2 is 1.50 bits per heavy atom. The summed E-state index contributed by atoms with van der Waals surface area (Å²) in [4.78, 5) is 11.5. The van der Waals surface area contributed by atoms with Crippen LogP contribution in [0.2, 0.25) is 5.02 Å². The summed E-state index contributed by atoms with van der Waals surface area (Å²) < 4.78 is 11.2. The number of nitrogens with one attached hydrogen (secondary N) is 1. The molecule has 0 fully saturated rings. The molecule has 0 saturated carbocycles. The Morgan fingerprint density at radius 1 is 0.962 bits per heavy atom. The number of carbonyl (C=O) groups excluding carboxylic acids is 1. The van der Waals surface area contributed by atoms with Gasteiger partial charge in [-0.25, -0.2) is 0 Å². The third kappa shape index (κ3) is 8.43. The predicted octanol–water partition coefficient (Wildman–Crippen LogP) is 3.57. The van der Waals surface area contributed by atoms with E-state index in [0.29, 0.717) is 44.2 Å². The van der Waals surface area contributed by atoms with Crippen molar-refractivity contribution < 1.29 is 14.3 Å². The third-order valence-corrected chi connectivity index (χ3v) is 3.71. The van der Waals surface area contributed by atoms with Crippen LogP contribution in [0.3, 0.4) is 0 Å². The van der Waals surface area contributed by atoms with Crippen molar-refractivity contribution in [1.82, 2.24) is 5.32 Å². The summed E-state index contributed by atoms with van der Waals surface area (Å²) in [5.74, 6) is 1.54. The van der Waals surface area contributed by atoms with Gasteiger partial charge in [-0.05, 0) is 54.9 Å². The molecule has 1 amide bonds. The molecule has 2 aromatic rings. The van der Waals surface area contributed by atoms with Crippen LogP contribution in [-0.4, -0.2) is 25.7 Å². The van der Waals surface area contributed by atoms with E-state index in [9.17, 15) is 4.79 Å². The number of hydrogen-bond donors (Lipinski definition) is 2.